The highest BCUT2D eigenvalue weighted by atomic mass is 35.5. The molecule has 1 aromatic carbocycles. The smallest absolute Gasteiger partial charge is 0.225 e. The van der Waals surface area contributed by atoms with Crippen molar-refractivity contribution >= 4 is 41.5 Å². The van der Waals surface area contributed by atoms with Gasteiger partial charge in [-0.05, 0) is 30.7 Å². The highest BCUT2D eigenvalue weighted by Crippen LogP contribution is 2.24. The lowest BCUT2D eigenvalue weighted by Crippen LogP contribution is -2.43. The van der Waals surface area contributed by atoms with Crippen LogP contribution in [0.2, 0.25) is 10.0 Å². The lowest BCUT2D eigenvalue weighted by Gasteiger charge is -2.30. The lowest BCUT2D eigenvalue weighted by atomic mass is 10.1. The van der Waals surface area contributed by atoms with Crippen molar-refractivity contribution in [3.05, 3.63) is 33.8 Å². The standard InChI is InChI=1S/C15H20Cl2N2O.ClH/c1-10(2)15(20)19(13-5-6-18-8-13)9-11-3-4-12(16)7-14(11)17;/h3-4,7,10,13,18H,5-6,8-9H2,1-2H3;1H/t13-;/m0./s1. The fourth-order valence-electron chi connectivity index (χ4n) is 2.46. The molecule has 0 aliphatic carbocycles. The monoisotopic (exact) mass is 350 g/mol. The molecular formula is C15H21Cl3N2O. The minimum atomic E-state index is -0.0123. The van der Waals surface area contributed by atoms with E-state index in [1.54, 1.807) is 6.07 Å². The van der Waals surface area contributed by atoms with Crippen LogP contribution in [0.15, 0.2) is 18.2 Å². The summed E-state index contributed by atoms with van der Waals surface area (Å²) in [6, 6.07) is 5.68. The molecule has 0 aromatic heterocycles. The SMILES string of the molecule is CC(C)C(=O)N(Cc1ccc(Cl)cc1Cl)[C@H]1CCNC1.Cl. The summed E-state index contributed by atoms with van der Waals surface area (Å²) in [4.78, 5) is 14.4. The van der Waals surface area contributed by atoms with Crippen molar-refractivity contribution < 1.29 is 4.79 Å². The van der Waals surface area contributed by atoms with Gasteiger partial charge in [0, 0.05) is 35.1 Å². The van der Waals surface area contributed by atoms with Gasteiger partial charge in [0.25, 0.3) is 0 Å². The average Bonchev–Trinajstić information content (AvgIpc) is 2.90. The van der Waals surface area contributed by atoms with Crippen LogP contribution in [-0.2, 0) is 11.3 Å². The van der Waals surface area contributed by atoms with Crippen molar-refractivity contribution in [2.24, 2.45) is 5.92 Å². The quantitative estimate of drug-likeness (QED) is 0.895. The molecule has 0 saturated carbocycles. The summed E-state index contributed by atoms with van der Waals surface area (Å²) in [7, 11) is 0. The third-order valence-corrected chi connectivity index (χ3v) is 4.19. The molecule has 0 bridgehead atoms. The van der Waals surface area contributed by atoms with Gasteiger partial charge in [-0.2, -0.15) is 0 Å². The van der Waals surface area contributed by atoms with E-state index in [1.165, 1.54) is 0 Å². The van der Waals surface area contributed by atoms with E-state index in [4.69, 9.17) is 23.2 Å². The van der Waals surface area contributed by atoms with E-state index >= 15 is 0 Å². The van der Waals surface area contributed by atoms with E-state index in [2.05, 4.69) is 5.32 Å². The first-order valence-electron chi connectivity index (χ1n) is 6.94. The molecule has 1 atom stereocenters. The van der Waals surface area contributed by atoms with Crippen molar-refractivity contribution in [1.82, 2.24) is 10.2 Å². The normalized spacial score (nSPS) is 17.7. The van der Waals surface area contributed by atoms with Crippen LogP contribution < -0.4 is 5.32 Å². The number of carbonyl (C=O) groups is 1. The van der Waals surface area contributed by atoms with Crippen LogP contribution in [0.4, 0.5) is 0 Å². The molecule has 1 amide bonds. The summed E-state index contributed by atoms with van der Waals surface area (Å²) < 4.78 is 0. The zero-order chi connectivity index (χ0) is 14.7. The number of nitrogens with one attached hydrogen (secondary N) is 1. The first-order chi connectivity index (χ1) is 9.49. The Morgan fingerprint density at radius 1 is 1.43 bits per heavy atom. The maximum atomic E-state index is 12.4. The molecule has 1 aromatic rings. The number of benzene rings is 1. The van der Waals surface area contributed by atoms with Crippen LogP contribution >= 0.6 is 35.6 Å². The summed E-state index contributed by atoms with van der Waals surface area (Å²) in [6.07, 6.45) is 0.990. The highest BCUT2D eigenvalue weighted by molar-refractivity contribution is 6.35. The van der Waals surface area contributed by atoms with Gasteiger partial charge in [0.05, 0.1) is 0 Å². The maximum Gasteiger partial charge on any atom is 0.225 e. The Kier molecular flexibility index (Phi) is 7.28. The van der Waals surface area contributed by atoms with Gasteiger partial charge in [-0.15, -0.1) is 12.4 Å². The van der Waals surface area contributed by atoms with E-state index in [0.717, 1.165) is 25.1 Å². The first-order valence-corrected chi connectivity index (χ1v) is 7.69. The van der Waals surface area contributed by atoms with E-state index in [0.29, 0.717) is 16.6 Å². The Morgan fingerprint density at radius 3 is 2.67 bits per heavy atom. The summed E-state index contributed by atoms with van der Waals surface area (Å²) in [5.41, 5.74) is 0.942. The molecule has 118 valence electrons. The number of hydrogen-bond donors (Lipinski definition) is 1. The number of halogens is 3. The molecule has 1 N–H and O–H groups in total. The minimum absolute atomic E-state index is 0. The molecular weight excluding hydrogens is 331 g/mol. The van der Waals surface area contributed by atoms with Crippen LogP contribution in [0.3, 0.4) is 0 Å². The molecule has 3 nitrogen and oxygen atoms in total. The molecule has 1 fully saturated rings. The van der Waals surface area contributed by atoms with Crippen LogP contribution in [0.5, 0.6) is 0 Å². The number of nitrogens with zero attached hydrogens (tertiary/aromatic N) is 1. The van der Waals surface area contributed by atoms with Gasteiger partial charge >= 0.3 is 0 Å². The van der Waals surface area contributed by atoms with Gasteiger partial charge in [0.15, 0.2) is 0 Å². The van der Waals surface area contributed by atoms with Gasteiger partial charge in [-0.1, -0.05) is 43.1 Å². The lowest BCUT2D eigenvalue weighted by molar-refractivity contribution is -0.137. The molecule has 1 aliphatic heterocycles. The molecule has 21 heavy (non-hydrogen) atoms. The number of hydrogen-bond acceptors (Lipinski definition) is 2. The van der Waals surface area contributed by atoms with Gasteiger partial charge in [-0.3, -0.25) is 4.79 Å². The molecule has 6 heteroatoms. The Morgan fingerprint density at radius 2 is 2.14 bits per heavy atom. The van der Waals surface area contributed by atoms with Gasteiger partial charge in [0.2, 0.25) is 5.91 Å². The minimum Gasteiger partial charge on any atom is -0.334 e. The third kappa shape index (κ3) is 4.75. The Labute approximate surface area is 142 Å². The summed E-state index contributed by atoms with van der Waals surface area (Å²) >= 11 is 12.1. The fraction of sp³-hybridized carbons (Fsp3) is 0.533. The van der Waals surface area contributed by atoms with Crippen molar-refractivity contribution in [2.45, 2.75) is 32.9 Å². The second kappa shape index (κ2) is 8.23. The summed E-state index contributed by atoms with van der Waals surface area (Å²) in [5.74, 6) is 0.159. The van der Waals surface area contributed by atoms with E-state index in [9.17, 15) is 4.79 Å². The number of rotatable bonds is 4. The fourth-order valence-corrected chi connectivity index (χ4v) is 2.93. The zero-order valence-corrected chi connectivity index (χ0v) is 14.6. The Balaban J connectivity index is 0.00000220. The van der Waals surface area contributed by atoms with Gasteiger partial charge in [-0.25, -0.2) is 0 Å². The Hall–Kier alpha value is -0.480. The van der Waals surface area contributed by atoms with Crippen molar-refractivity contribution in [3.63, 3.8) is 0 Å². The Bertz CT molecular complexity index is 488. The van der Waals surface area contributed by atoms with Crippen molar-refractivity contribution in [3.8, 4) is 0 Å². The van der Waals surface area contributed by atoms with Crippen LogP contribution in [0.1, 0.15) is 25.8 Å². The maximum absolute atomic E-state index is 12.4. The molecule has 1 saturated heterocycles. The van der Waals surface area contributed by atoms with Crippen LogP contribution in [-0.4, -0.2) is 29.9 Å². The molecule has 0 spiro atoms. The topological polar surface area (TPSA) is 32.3 Å². The van der Waals surface area contributed by atoms with Gasteiger partial charge < -0.3 is 10.2 Å². The number of amides is 1. The predicted octanol–water partition coefficient (Wildman–Crippen LogP) is 3.76. The first kappa shape index (κ1) is 18.6. The van der Waals surface area contributed by atoms with Gasteiger partial charge in [0.1, 0.15) is 0 Å². The van der Waals surface area contributed by atoms with E-state index in [1.807, 2.05) is 30.9 Å². The van der Waals surface area contributed by atoms with Crippen LogP contribution in [0.25, 0.3) is 0 Å². The molecule has 0 unspecified atom stereocenters. The predicted molar refractivity (Wildman–Crippen MR) is 90.4 cm³/mol. The third-order valence-electron chi connectivity index (χ3n) is 3.61. The summed E-state index contributed by atoms with van der Waals surface area (Å²) in [5, 5.41) is 4.54. The zero-order valence-electron chi connectivity index (χ0n) is 12.2. The molecule has 1 heterocycles. The largest absolute Gasteiger partial charge is 0.334 e. The summed E-state index contributed by atoms with van der Waals surface area (Å²) in [6.45, 7) is 6.21. The number of carbonyl (C=O) groups excluding carboxylic acids is 1. The molecule has 1 aliphatic rings. The second-order valence-corrected chi connectivity index (χ2v) is 6.35. The van der Waals surface area contributed by atoms with E-state index in [-0.39, 0.29) is 30.3 Å². The van der Waals surface area contributed by atoms with Crippen molar-refractivity contribution in [1.29, 1.82) is 0 Å². The average molecular weight is 352 g/mol. The van der Waals surface area contributed by atoms with Crippen LogP contribution in [0, 0.1) is 5.92 Å². The second-order valence-electron chi connectivity index (χ2n) is 5.50. The molecule has 2 rings (SSSR count). The van der Waals surface area contributed by atoms with E-state index < -0.39 is 0 Å². The molecule has 0 radical (unpaired) electrons. The highest BCUT2D eigenvalue weighted by Gasteiger charge is 2.28. The van der Waals surface area contributed by atoms with Crippen molar-refractivity contribution in [2.75, 3.05) is 13.1 Å².